The Morgan fingerprint density at radius 3 is 1.80 bits per heavy atom. The van der Waals surface area contributed by atoms with E-state index in [1.807, 2.05) is 0 Å². The van der Waals surface area contributed by atoms with Gasteiger partial charge >= 0.3 is 0 Å². The number of hydrogen-bond acceptors (Lipinski definition) is 0. The number of benzene rings is 1. The topological polar surface area (TPSA) is 0 Å². The van der Waals surface area contributed by atoms with Crippen molar-refractivity contribution in [2.24, 2.45) is 0 Å². The first kappa shape index (κ1) is 12.5. The molecular formula is C14H24Si. The molecule has 15 heavy (non-hydrogen) atoms. The van der Waals surface area contributed by atoms with Crippen LogP contribution in [0.1, 0.15) is 38.8 Å². The van der Waals surface area contributed by atoms with Crippen LogP contribution in [0, 0.1) is 0 Å². The Bertz CT molecular complexity index is 266. The van der Waals surface area contributed by atoms with Crippen molar-refractivity contribution < 1.29 is 0 Å². The van der Waals surface area contributed by atoms with Crippen LogP contribution in [0.4, 0.5) is 0 Å². The minimum absolute atomic E-state index is 0.804. The molecule has 1 aromatic rings. The van der Waals surface area contributed by atoms with Crippen molar-refractivity contribution in [3.63, 3.8) is 0 Å². The van der Waals surface area contributed by atoms with Gasteiger partial charge in [0, 0.05) is 0 Å². The highest BCUT2D eigenvalue weighted by molar-refractivity contribution is 6.80. The van der Waals surface area contributed by atoms with Gasteiger partial charge in [0.1, 0.15) is 0 Å². The van der Waals surface area contributed by atoms with E-state index in [0.717, 1.165) is 5.54 Å². The molecule has 0 aliphatic heterocycles. The van der Waals surface area contributed by atoms with Gasteiger partial charge in [-0.3, -0.25) is 0 Å². The lowest BCUT2D eigenvalue weighted by Gasteiger charge is -2.35. The van der Waals surface area contributed by atoms with E-state index >= 15 is 0 Å². The molecule has 1 heteroatoms. The first-order chi connectivity index (χ1) is 7.20. The van der Waals surface area contributed by atoms with Gasteiger partial charge in [-0.05, 0) is 11.1 Å². The predicted molar refractivity (Wildman–Crippen MR) is 72.1 cm³/mol. The number of rotatable bonds is 5. The third-order valence-electron chi connectivity index (χ3n) is 4.33. The molecule has 0 bridgehead atoms. The van der Waals surface area contributed by atoms with Gasteiger partial charge < -0.3 is 0 Å². The molecule has 1 atom stereocenters. The molecule has 0 saturated carbocycles. The third-order valence-corrected chi connectivity index (χ3v) is 10.7. The molecule has 0 heterocycles. The molecule has 0 N–H and O–H groups in total. The molecule has 1 aromatic carbocycles. The van der Waals surface area contributed by atoms with Crippen LogP contribution in [0.2, 0.25) is 18.1 Å². The summed E-state index contributed by atoms with van der Waals surface area (Å²) in [4.78, 5) is 0. The van der Waals surface area contributed by atoms with Crippen molar-refractivity contribution in [3.8, 4) is 0 Å². The Balaban J connectivity index is 2.95. The van der Waals surface area contributed by atoms with E-state index in [0.29, 0.717) is 0 Å². The molecule has 0 aliphatic rings. The lowest BCUT2D eigenvalue weighted by atomic mass is 10.2. The number of hydrogen-bond donors (Lipinski definition) is 0. The normalized spacial score (nSPS) is 13.9. The average molecular weight is 220 g/mol. The first-order valence-electron chi connectivity index (χ1n) is 6.25. The average Bonchev–Trinajstić information content (AvgIpc) is 2.33. The molecule has 0 spiro atoms. The van der Waals surface area contributed by atoms with Crippen LogP contribution in [0.3, 0.4) is 0 Å². The summed E-state index contributed by atoms with van der Waals surface area (Å²) in [5.74, 6) is 0. The monoisotopic (exact) mass is 220 g/mol. The Hall–Kier alpha value is -0.563. The van der Waals surface area contributed by atoms with Gasteiger partial charge in [0.2, 0.25) is 0 Å². The van der Waals surface area contributed by atoms with Gasteiger partial charge in [0.05, 0.1) is 8.07 Å². The zero-order valence-corrected chi connectivity index (χ0v) is 11.6. The molecule has 0 nitrogen and oxygen atoms in total. The largest absolute Gasteiger partial charge is 0.0677 e. The molecule has 0 amide bonds. The van der Waals surface area contributed by atoms with E-state index in [1.165, 1.54) is 18.1 Å². The van der Waals surface area contributed by atoms with E-state index in [-0.39, 0.29) is 0 Å². The fraction of sp³-hybridized carbons (Fsp3) is 0.571. The smallest absolute Gasteiger partial charge is 0.0601 e. The summed E-state index contributed by atoms with van der Waals surface area (Å²) >= 11 is 0. The van der Waals surface area contributed by atoms with Gasteiger partial charge in [0.15, 0.2) is 0 Å². The van der Waals surface area contributed by atoms with Crippen molar-refractivity contribution in [2.75, 3.05) is 0 Å². The molecular weight excluding hydrogens is 196 g/mol. The summed E-state index contributed by atoms with van der Waals surface area (Å²) in [6.07, 6.45) is 0. The van der Waals surface area contributed by atoms with E-state index in [9.17, 15) is 0 Å². The molecule has 0 aromatic heterocycles. The van der Waals surface area contributed by atoms with Crippen molar-refractivity contribution >= 4 is 8.07 Å². The minimum Gasteiger partial charge on any atom is -0.0677 e. The van der Waals surface area contributed by atoms with Crippen LogP contribution in [0.5, 0.6) is 0 Å². The summed E-state index contributed by atoms with van der Waals surface area (Å²) < 4.78 is 0. The molecule has 1 unspecified atom stereocenters. The molecule has 0 saturated heterocycles. The third kappa shape index (κ3) is 2.51. The second kappa shape index (κ2) is 5.50. The first-order valence-corrected chi connectivity index (χ1v) is 8.95. The second-order valence-corrected chi connectivity index (χ2v) is 10.3. The van der Waals surface area contributed by atoms with Gasteiger partial charge in [-0.25, -0.2) is 0 Å². The Morgan fingerprint density at radius 2 is 1.40 bits per heavy atom. The van der Waals surface area contributed by atoms with E-state index in [2.05, 4.69) is 58.0 Å². The van der Waals surface area contributed by atoms with E-state index in [4.69, 9.17) is 0 Å². The zero-order chi connectivity index (χ0) is 11.3. The van der Waals surface area contributed by atoms with Crippen LogP contribution < -0.4 is 0 Å². The summed E-state index contributed by atoms with van der Waals surface area (Å²) in [6, 6.07) is 15.3. The minimum atomic E-state index is -1.06. The molecule has 0 radical (unpaired) electrons. The fourth-order valence-corrected chi connectivity index (χ4v) is 7.00. The molecule has 1 rings (SSSR count). The summed E-state index contributed by atoms with van der Waals surface area (Å²) in [6.45, 7) is 9.61. The van der Waals surface area contributed by atoms with Crippen LogP contribution >= 0.6 is 0 Å². The van der Waals surface area contributed by atoms with Crippen LogP contribution in [-0.2, 0) is 0 Å². The van der Waals surface area contributed by atoms with Crippen LogP contribution in [0.25, 0.3) is 0 Å². The van der Waals surface area contributed by atoms with Crippen LogP contribution in [-0.4, -0.2) is 8.07 Å². The SMILES string of the molecule is CC[Si](CC)(CC)C(C)c1ccccc1. The highest BCUT2D eigenvalue weighted by Gasteiger charge is 2.33. The van der Waals surface area contributed by atoms with Crippen LogP contribution in [0.15, 0.2) is 30.3 Å². The summed E-state index contributed by atoms with van der Waals surface area (Å²) in [5, 5.41) is 0. The zero-order valence-electron chi connectivity index (χ0n) is 10.6. The maximum atomic E-state index is 2.44. The van der Waals surface area contributed by atoms with Crippen molar-refractivity contribution in [2.45, 2.75) is 51.4 Å². The van der Waals surface area contributed by atoms with Gasteiger partial charge in [-0.15, -0.1) is 0 Å². The van der Waals surface area contributed by atoms with E-state index < -0.39 is 8.07 Å². The summed E-state index contributed by atoms with van der Waals surface area (Å²) in [7, 11) is -1.06. The maximum Gasteiger partial charge on any atom is 0.0601 e. The quantitative estimate of drug-likeness (QED) is 0.623. The predicted octanol–water partition coefficient (Wildman–Crippen LogP) is 4.84. The highest BCUT2D eigenvalue weighted by atomic mass is 28.3. The molecule has 0 fully saturated rings. The Morgan fingerprint density at radius 1 is 0.933 bits per heavy atom. The van der Waals surface area contributed by atoms with Crippen molar-refractivity contribution in [1.82, 2.24) is 0 Å². The van der Waals surface area contributed by atoms with Gasteiger partial charge in [-0.1, -0.05) is 76.2 Å². The Kier molecular flexibility index (Phi) is 4.59. The lowest BCUT2D eigenvalue weighted by Crippen LogP contribution is -2.38. The fourth-order valence-electron chi connectivity index (χ4n) is 2.76. The highest BCUT2D eigenvalue weighted by Crippen LogP contribution is 2.35. The lowest BCUT2D eigenvalue weighted by molar-refractivity contribution is 0.944. The molecule has 0 aliphatic carbocycles. The van der Waals surface area contributed by atoms with Gasteiger partial charge in [-0.2, -0.15) is 0 Å². The standard InChI is InChI=1S/C14H24Si/c1-5-15(6-2,7-3)13(4)14-11-9-8-10-12-14/h8-13H,5-7H2,1-4H3. The van der Waals surface area contributed by atoms with Crippen molar-refractivity contribution in [1.29, 1.82) is 0 Å². The maximum absolute atomic E-state index is 2.44. The summed E-state index contributed by atoms with van der Waals surface area (Å²) in [5.41, 5.74) is 2.36. The van der Waals surface area contributed by atoms with Gasteiger partial charge in [0.25, 0.3) is 0 Å². The second-order valence-electron chi connectivity index (χ2n) is 4.56. The molecule has 84 valence electrons. The van der Waals surface area contributed by atoms with E-state index in [1.54, 1.807) is 5.56 Å². The Labute approximate surface area is 95.7 Å². The van der Waals surface area contributed by atoms with Crippen molar-refractivity contribution in [3.05, 3.63) is 35.9 Å².